The van der Waals surface area contributed by atoms with E-state index >= 15 is 0 Å². The van der Waals surface area contributed by atoms with Crippen LogP contribution >= 0.6 is 23.4 Å². The molecule has 0 atom stereocenters. The van der Waals surface area contributed by atoms with Crippen LogP contribution < -0.4 is 4.74 Å². The summed E-state index contributed by atoms with van der Waals surface area (Å²) in [5.74, 6) is 1.39. The van der Waals surface area contributed by atoms with Gasteiger partial charge in [0.2, 0.25) is 0 Å². The van der Waals surface area contributed by atoms with Crippen molar-refractivity contribution >= 4 is 23.4 Å². The third-order valence-corrected chi connectivity index (χ3v) is 4.20. The average Bonchev–Trinajstić information content (AvgIpc) is 2.46. The molecule has 0 saturated carbocycles. The maximum Gasteiger partial charge on any atom is 0.136 e. The molecule has 0 aromatic heterocycles. The molecule has 0 fully saturated rings. The Kier molecular flexibility index (Phi) is 4.73. The molecule has 0 aliphatic heterocycles. The molecule has 0 bridgehead atoms. The topological polar surface area (TPSA) is 33.0 Å². The summed E-state index contributed by atoms with van der Waals surface area (Å²) in [4.78, 5) is 1.05. The SMILES string of the molecule is COc1cc(CSc2ccccc2Cl)ccc1C#N. The van der Waals surface area contributed by atoms with E-state index in [1.807, 2.05) is 36.4 Å². The lowest BCUT2D eigenvalue weighted by Crippen LogP contribution is -1.90. The lowest BCUT2D eigenvalue weighted by Gasteiger charge is -2.07. The van der Waals surface area contributed by atoms with Crippen LogP contribution in [0, 0.1) is 11.3 Å². The quantitative estimate of drug-likeness (QED) is 0.776. The van der Waals surface area contributed by atoms with Gasteiger partial charge in [0.15, 0.2) is 0 Å². The molecule has 4 heteroatoms. The number of hydrogen-bond acceptors (Lipinski definition) is 3. The predicted octanol–water partition coefficient (Wildman–Crippen LogP) is 4.51. The molecule has 2 rings (SSSR count). The largest absolute Gasteiger partial charge is 0.495 e. The van der Waals surface area contributed by atoms with Gasteiger partial charge in [0.05, 0.1) is 17.7 Å². The number of thioether (sulfide) groups is 1. The van der Waals surface area contributed by atoms with Crippen molar-refractivity contribution in [3.8, 4) is 11.8 Å². The van der Waals surface area contributed by atoms with Gasteiger partial charge in [-0.05, 0) is 29.8 Å². The first-order valence-electron chi connectivity index (χ1n) is 5.69. The van der Waals surface area contributed by atoms with Crippen LogP contribution in [0.5, 0.6) is 5.75 Å². The summed E-state index contributed by atoms with van der Waals surface area (Å²) in [5, 5.41) is 9.69. The van der Waals surface area contributed by atoms with Gasteiger partial charge in [0.25, 0.3) is 0 Å². The lowest BCUT2D eigenvalue weighted by molar-refractivity contribution is 0.413. The van der Waals surface area contributed by atoms with Crippen LogP contribution in [0.1, 0.15) is 11.1 Å². The molecular formula is C15H12ClNOS. The number of rotatable bonds is 4. The lowest BCUT2D eigenvalue weighted by atomic mass is 10.1. The molecule has 0 aliphatic carbocycles. The number of halogens is 1. The van der Waals surface area contributed by atoms with Crippen LogP contribution in [-0.2, 0) is 5.75 Å². The molecule has 2 nitrogen and oxygen atoms in total. The number of nitriles is 1. The molecule has 19 heavy (non-hydrogen) atoms. The minimum Gasteiger partial charge on any atom is -0.495 e. The summed E-state index contributed by atoms with van der Waals surface area (Å²) in [6.07, 6.45) is 0. The number of nitrogens with zero attached hydrogens (tertiary/aromatic N) is 1. The van der Waals surface area contributed by atoms with Crippen LogP contribution in [0.25, 0.3) is 0 Å². The van der Waals surface area contributed by atoms with Crippen LogP contribution in [0.2, 0.25) is 5.02 Å². The number of ether oxygens (including phenoxy) is 1. The Balaban J connectivity index is 2.13. The standard InChI is InChI=1S/C15H12ClNOS/c1-18-14-8-11(6-7-12(14)9-17)10-19-15-5-3-2-4-13(15)16/h2-8H,10H2,1H3. The summed E-state index contributed by atoms with van der Waals surface area (Å²) in [7, 11) is 1.57. The van der Waals surface area contributed by atoms with Crippen molar-refractivity contribution in [3.05, 3.63) is 58.6 Å². The average molecular weight is 290 g/mol. The third-order valence-electron chi connectivity index (χ3n) is 2.62. The van der Waals surface area contributed by atoms with Gasteiger partial charge in [0, 0.05) is 10.6 Å². The van der Waals surface area contributed by atoms with E-state index in [1.54, 1.807) is 24.9 Å². The summed E-state index contributed by atoms with van der Waals surface area (Å²) < 4.78 is 5.19. The molecule has 0 saturated heterocycles. The fraction of sp³-hybridized carbons (Fsp3) is 0.133. The first kappa shape index (κ1) is 13.8. The van der Waals surface area contributed by atoms with Gasteiger partial charge >= 0.3 is 0 Å². The molecule has 0 heterocycles. The van der Waals surface area contributed by atoms with Crippen molar-refractivity contribution in [1.29, 1.82) is 5.26 Å². The van der Waals surface area contributed by atoms with Gasteiger partial charge in [0.1, 0.15) is 11.8 Å². The van der Waals surface area contributed by atoms with Gasteiger partial charge < -0.3 is 4.74 Å². The van der Waals surface area contributed by atoms with Crippen molar-refractivity contribution < 1.29 is 4.74 Å². The summed E-state index contributed by atoms with van der Waals surface area (Å²) in [5.41, 5.74) is 1.65. The molecule has 0 aliphatic rings. The zero-order valence-electron chi connectivity index (χ0n) is 10.4. The second kappa shape index (κ2) is 6.51. The van der Waals surface area contributed by atoms with E-state index in [-0.39, 0.29) is 0 Å². The zero-order chi connectivity index (χ0) is 13.7. The van der Waals surface area contributed by atoms with Gasteiger partial charge in [-0.1, -0.05) is 29.8 Å². The molecule has 0 spiro atoms. The summed E-state index contributed by atoms with van der Waals surface area (Å²) in [6, 6.07) is 15.5. The van der Waals surface area contributed by atoms with Crippen molar-refractivity contribution in [1.82, 2.24) is 0 Å². The highest BCUT2D eigenvalue weighted by Crippen LogP contribution is 2.30. The first-order chi connectivity index (χ1) is 9.24. The fourth-order valence-corrected chi connectivity index (χ4v) is 2.82. The molecule has 2 aromatic rings. The molecular weight excluding hydrogens is 278 g/mol. The Labute approximate surface area is 122 Å². The fourth-order valence-electron chi connectivity index (χ4n) is 1.64. The highest BCUT2D eigenvalue weighted by atomic mass is 35.5. The second-order valence-corrected chi connectivity index (χ2v) is 5.29. The van der Waals surface area contributed by atoms with Crippen LogP contribution in [0.3, 0.4) is 0 Å². The van der Waals surface area contributed by atoms with Crippen molar-refractivity contribution in [2.45, 2.75) is 10.6 Å². The third kappa shape index (κ3) is 3.44. The van der Waals surface area contributed by atoms with Crippen molar-refractivity contribution in [2.75, 3.05) is 7.11 Å². The van der Waals surface area contributed by atoms with Gasteiger partial charge in [-0.3, -0.25) is 0 Å². The predicted molar refractivity (Wildman–Crippen MR) is 78.7 cm³/mol. The molecule has 0 amide bonds. The molecule has 0 N–H and O–H groups in total. The van der Waals surface area contributed by atoms with E-state index < -0.39 is 0 Å². The Morgan fingerprint density at radius 1 is 1.26 bits per heavy atom. The van der Waals surface area contributed by atoms with E-state index in [0.29, 0.717) is 11.3 Å². The maximum absolute atomic E-state index is 8.93. The first-order valence-corrected chi connectivity index (χ1v) is 7.05. The summed E-state index contributed by atoms with van der Waals surface area (Å²) in [6.45, 7) is 0. The van der Waals surface area contributed by atoms with Gasteiger partial charge in [-0.15, -0.1) is 11.8 Å². The Morgan fingerprint density at radius 3 is 2.74 bits per heavy atom. The highest BCUT2D eigenvalue weighted by Gasteiger charge is 2.05. The van der Waals surface area contributed by atoms with Crippen LogP contribution in [0.15, 0.2) is 47.4 Å². The van der Waals surface area contributed by atoms with E-state index in [0.717, 1.165) is 21.2 Å². The highest BCUT2D eigenvalue weighted by molar-refractivity contribution is 7.98. The second-order valence-electron chi connectivity index (χ2n) is 3.87. The Hall–Kier alpha value is -1.63. The summed E-state index contributed by atoms with van der Waals surface area (Å²) >= 11 is 7.77. The number of hydrogen-bond donors (Lipinski definition) is 0. The van der Waals surface area contributed by atoms with E-state index in [9.17, 15) is 0 Å². The number of benzene rings is 2. The normalized spacial score (nSPS) is 9.95. The van der Waals surface area contributed by atoms with Crippen molar-refractivity contribution in [3.63, 3.8) is 0 Å². The zero-order valence-corrected chi connectivity index (χ0v) is 12.0. The minimum absolute atomic E-state index is 0.550. The van der Waals surface area contributed by atoms with E-state index in [4.69, 9.17) is 21.6 Å². The molecule has 0 unspecified atom stereocenters. The molecule has 96 valence electrons. The van der Waals surface area contributed by atoms with Crippen LogP contribution in [0.4, 0.5) is 0 Å². The minimum atomic E-state index is 0.550. The smallest absolute Gasteiger partial charge is 0.136 e. The van der Waals surface area contributed by atoms with E-state index in [1.165, 1.54) is 0 Å². The Morgan fingerprint density at radius 2 is 2.05 bits per heavy atom. The molecule has 2 aromatic carbocycles. The van der Waals surface area contributed by atoms with Gasteiger partial charge in [-0.2, -0.15) is 5.26 Å². The monoisotopic (exact) mass is 289 g/mol. The van der Waals surface area contributed by atoms with E-state index in [2.05, 4.69) is 6.07 Å². The van der Waals surface area contributed by atoms with Crippen LogP contribution in [-0.4, -0.2) is 7.11 Å². The molecule has 0 radical (unpaired) electrons. The Bertz CT molecular complexity index is 622. The maximum atomic E-state index is 8.93. The van der Waals surface area contributed by atoms with Crippen molar-refractivity contribution in [2.24, 2.45) is 0 Å². The van der Waals surface area contributed by atoms with Gasteiger partial charge in [-0.25, -0.2) is 0 Å². The number of methoxy groups -OCH3 is 1.